The molecule has 13 heteroatoms. The van der Waals surface area contributed by atoms with Crippen molar-refractivity contribution >= 4 is 44.2 Å². The number of hydrogen-bond donors (Lipinski definition) is 3. The van der Waals surface area contributed by atoms with E-state index in [-0.39, 0.29) is 29.4 Å². The lowest BCUT2D eigenvalue weighted by atomic mass is 10.0. The summed E-state index contributed by atoms with van der Waals surface area (Å²) in [6.07, 6.45) is 0.929. The number of nitriles is 1. The molecule has 0 spiro atoms. The number of benzene rings is 1. The number of amides is 1. The largest absolute Gasteiger partial charge is 0.393 e. The van der Waals surface area contributed by atoms with Gasteiger partial charge in [-0.3, -0.25) is 9.69 Å². The average Bonchev–Trinajstić information content (AvgIpc) is 3.58. The van der Waals surface area contributed by atoms with E-state index in [0.717, 1.165) is 60.3 Å². The molecule has 0 radical (unpaired) electrons. The molecule has 5 rings (SSSR count). The minimum atomic E-state index is -4.26. The minimum Gasteiger partial charge on any atom is -0.367 e. The SMILES string of the molecule is C=CCC(CCn1c(C#N)cc2c(C)c(CN3CCC(Nc4ncnc5sc(CC(F)(F)F)cc45)CC3)ccc21)NC(=O)CN. The number of fused-ring (bicyclic) bond motifs is 2. The molecule has 1 amide bonds. The number of nitrogens with zero attached hydrogens (tertiary/aromatic N) is 5. The molecule has 1 aliphatic heterocycles. The molecule has 45 heavy (non-hydrogen) atoms. The van der Waals surface area contributed by atoms with Crippen molar-refractivity contribution in [3.8, 4) is 6.07 Å². The Balaban J connectivity index is 1.22. The van der Waals surface area contributed by atoms with Crippen molar-refractivity contribution in [1.82, 2.24) is 24.8 Å². The zero-order chi connectivity index (χ0) is 32.1. The van der Waals surface area contributed by atoms with Crippen LogP contribution in [0, 0.1) is 18.3 Å². The Labute approximate surface area is 263 Å². The summed E-state index contributed by atoms with van der Waals surface area (Å²) in [6, 6.07) is 10.1. The second kappa shape index (κ2) is 14.0. The fraction of sp³-hybridized carbons (Fsp3) is 0.438. The molecule has 0 saturated carbocycles. The number of likely N-dealkylation sites (tertiary alicyclic amines) is 1. The lowest BCUT2D eigenvalue weighted by molar-refractivity contribution is -0.126. The van der Waals surface area contributed by atoms with Crippen LogP contribution >= 0.6 is 11.3 Å². The zero-order valence-electron chi connectivity index (χ0n) is 25.2. The molecular formula is C32H37F3N8OS. The number of alkyl halides is 3. The summed E-state index contributed by atoms with van der Waals surface area (Å²) in [5, 5.41) is 17.9. The lowest BCUT2D eigenvalue weighted by Crippen LogP contribution is -2.39. The third kappa shape index (κ3) is 7.81. The van der Waals surface area contributed by atoms with Crippen LogP contribution in [0.2, 0.25) is 0 Å². The highest BCUT2D eigenvalue weighted by Gasteiger charge is 2.29. The zero-order valence-corrected chi connectivity index (χ0v) is 26.0. The Morgan fingerprint density at radius 2 is 2.04 bits per heavy atom. The Morgan fingerprint density at radius 1 is 1.27 bits per heavy atom. The predicted octanol–water partition coefficient (Wildman–Crippen LogP) is 5.42. The predicted molar refractivity (Wildman–Crippen MR) is 171 cm³/mol. The molecule has 3 aromatic heterocycles. The average molecular weight is 639 g/mol. The summed E-state index contributed by atoms with van der Waals surface area (Å²) >= 11 is 1.05. The molecule has 0 bridgehead atoms. The normalized spacial score (nSPS) is 15.3. The maximum absolute atomic E-state index is 12.9. The van der Waals surface area contributed by atoms with Crippen LogP contribution in [0.1, 0.15) is 47.4 Å². The quantitative estimate of drug-likeness (QED) is 0.177. The van der Waals surface area contributed by atoms with Gasteiger partial charge in [-0.05, 0) is 61.9 Å². The van der Waals surface area contributed by atoms with Crippen LogP contribution in [-0.4, -0.2) is 63.2 Å². The molecule has 1 atom stereocenters. The summed E-state index contributed by atoms with van der Waals surface area (Å²) in [7, 11) is 0. The molecular weight excluding hydrogens is 601 g/mol. The Bertz CT molecular complexity index is 1720. The van der Waals surface area contributed by atoms with Gasteiger partial charge in [-0.25, -0.2) is 9.97 Å². The van der Waals surface area contributed by atoms with Crippen LogP contribution < -0.4 is 16.4 Å². The van der Waals surface area contributed by atoms with E-state index >= 15 is 0 Å². The third-order valence-electron chi connectivity index (χ3n) is 8.36. The smallest absolute Gasteiger partial charge is 0.367 e. The highest BCUT2D eigenvalue weighted by Crippen LogP contribution is 2.33. The van der Waals surface area contributed by atoms with Crippen LogP contribution in [0.15, 0.2) is 43.2 Å². The van der Waals surface area contributed by atoms with Crippen LogP contribution in [0.3, 0.4) is 0 Å². The number of thiophene rings is 1. The van der Waals surface area contributed by atoms with E-state index in [1.54, 1.807) is 12.1 Å². The van der Waals surface area contributed by atoms with Crippen molar-refractivity contribution in [1.29, 1.82) is 5.26 Å². The molecule has 1 unspecified atom stereocenters. The van der Waals surface area contributed by atoms with Gasteiger partial charge < -0.3 is 20.9 Å². The maximum atomic E-state index is 12.9. The first-order valence-corrected chi connectivity index (χ1v) is 15.8. The molecule has 4 aromatic rings. The van der Waals surface area contributed by atoms with Crippen molar-refractivity contribution in [3.63, 3.8) is 0 Å². The molecule has 1 aliphatic rings. The number of carbonyl (C=O) groups excluding carboxylic acids is 1. The third-order valence-corrected chi connectivity index (χ3v) is 9.40. The van der Waals surface area contributed by atoms with Gasteiger partial charge in [-0.1, -0.05) is 12.1 Å². The molecule has 238 valence electrons. The standard InChI is InChI=1S/C32H37F3N8OS/c1-3-4-22(40-29(44)17-37)9-12-43-24(16-36)13-26-20(2)21(5-6-28(26)43)18-42-10-7-23(8-11-42)41-30-27-14-25(15-32(33,34)35)45-31(27)39-19-38-30/h3,5-6,13-14,19,22-23H,1,4,7-12,15,17-18,37H2,2H3,(H,40,44)(H,38,39,41). The van der Waals surface area contributed by atoms with E-state index in [1.807, 2.05) is 10.6 Å². The van der Waals surface area contributed by atoms with Gasteiger partial charge in [0.1, 0.15) is 28.7 Å². The topological polar surface area (TPSA) is 125 Å². The molecule has 9 nitrogen and oxygen atoms in total. The summed E-state index contributed by atoms with van der Waals surface area (Å²) in [6.45, 7) is 8.87. The van der Waals surface area contributed by atoms with Crippen LogP contribution in [-0.2, 0) is 24.3 Å². The van der Waals surface area contributed by atoms with Gasteiger partial charge >= 0.3 is 6.18 Å². The second-order valence-corrected chi connectivity index (χ2v) is 12.6. The van der Waals surface area contributed by atoms with E-state index < -0.39 is 12.6 Å². The fourth-order valence-corrected chi connectivity index (χ4v) is 7.05. The molecule has 4 heterocycles. The van der Waals surface area contributed by atoms with Crippen LogP contribution in [0.25, 0.3) is 21.1 Å². The minimum absolute atomic E-state index is 0.0740. The summed E-state index contributed by atoms with van der Waals surface area (Å²) in [5.74, 6) is 0.368. The fourth-order valence-electron chi connectivity index (χ4n) is 6.02. The highest BCUT2D eigenvalue weighted by atomic mass is 32.1. The van der Waals surface area contributed by atoms with E-state index in [1.165, 1.54) is 11.9 Å². The molecule has 4 N–H and O–H groups in total. The van der Waals surface area contributed by atoms with Crippen molar-refractivity contribution in [3.05, 3.63) is 64.9 Å². The number of halogens is 3. The summed E-state index contributed by atoms with van der Waals surface area (Å²) in [4.78, 5) is 23.6. The van der Waals surface area contributed by atoms with Gasteiger partial charge in [0.15, 0.2) is 0 Å². The maximum Gasteiger partial charge on any atom is 0.393 e. The lowest BCUT2D eigenvalue weighted by Gasteiger charge is -2.33. The molecule has 1 fully saturated rings. The van der Waals surface area contributed by atoms with Crippen molar-refractivity contribution < 1.29 is 18.0 Å². The van der Waals surface area contributed by atoms with Crippen molar-refractivity contribution in [2.75, 3.05) is 25.0 Å². The number of anilines is 1. The second-order valence-electron chi connectivity index (χ2n) is 11.5. The molecule has 1 aromatic carbocycles. The van der Waals surface area contributed by atoms with Crippen molar-refractivity contribution in [2.24, 2.45) is 5.73 Å². The number of hydrogen-bond acceptors (Lipinski definition) is 8. The summed E-state index contributed by atoms with van der Waals surface area (Å²) in [5.41, 5.74) is 9.37. The first-order valence-electron chi connectivity index (χ1n) is 15.0. The number of aromatic nitrogens is 3. The first-order chi connectivity index (χ1) is 21.6. The Hall–Kier alpha value is -3.99. The summed E-state index contributed by atoms with van der Waals surface area (Å²) < 4.78 is 40.8. The van der Waals surface area contributed by atoms with Gasteiger partial charge in [0.25, 0.3) is 0 Å². The van der Waals surface area contributed by atoms with Crippen molar-refractivity contribution in [2.45, 2.75) is 70.4 Å². The highest BCUT2D eigenvalue weighted by molar-refractivity contribution is 7.18. The van der Waals surface area contributed by atoms with E-state index in [2.05, 4.69) is 57.2 Å². The van der Waals surface area contributed by atoms with Crippen LogP contribution in [0.5, 0.6) is 0 Å². The number of carbonyl (C=O) groups is 1. The first kappa shape index (κ1) is 32.4. The number of aryl methyl sites for hydroxylation is 2. The monoisotopic (exact) mass is 638 g/mol. The molecule has 0 aliphatic carbocycles. The van der Waals surface area contributed by atoms with E-state index in [9.17, 15) is 23.2 Å². The van der Waals surface area contributed by atoms with Gasteiger partial charge in [0.05, 0.1) is 18.4 Å². The van der Waals surface area contributed by atoms with Gasteiger partial charge in [-0.2, -0.15) is 18.4 Å². The number of nitrogens with one attached hydrogen (secondary N) is 2. The Kier molecular flexibility index (Phi) is 10.1. The van der Waals surface area contributed by atoms with Gasteiger partial charge in [0, 0.05) is 54.0 Å². The number of nitrogens with two attached hydrogens (primary N) is 1. The van der Waals surface area contributed by atoms with E-state index in [0.29, 0.717) is 41.1 Å². The Morgan fingerprint density at radius 3 is 2.73 bits per heavy atom. The van der Waals surface area contributed by atoms with Gasteiger partial charge in [0.2, 0.25) is 5.91 Å². The number of rotatable bonds is 12. The number of piperidine rings is 1. The van der Waals surface area contributed by atoms with Crippen LogP contribution in [0.4, 0.5) is 19.0 Å². The molecule has 1 saturated heterocycles. The van der Waals surface area contributed by atoms with Gasteiger partial charge in [-0.15, -0.1) is 17.9 Å². The van der Waals surface area contributed by atoms with E-state index in [4.69, 9.17) is 5.73 Å².